The Bertz CT molecular complexity index is 570. The molecule has 0 saturated carbocycles. The molecule has 0 spiro atoms. The number of hydrogen-bond acceptors (Lipinski definition) is 4. The van der Waals surface area contributed by atoms with Gasteiger partial charge in [-0.15, -0.1) is 0 Å². The molecule has 0 aliphatic heterocycles. The molecule has 6 heteroatoms. The van der Waals surface area contributed by atoms with Crippen molar-refractivity contribution in [3.05, 3.63) is 12.2 Å². The minimum atomic E-state index is -0.550. The third kappa shape index (κ3) is 11.1. The summed E-state index contributed by atoms with van der Waals surface area (Å²) in [6, 6.07) is 0. The van der Waals surface area contributed by atoms with Gasteiger partial charge in [-0.1, -0.05) is 6.08 Å². The quantitative estimate of drug-likeness (QED) is 0.668. The van der Waals surface area contributed by atoms with Crippen LogP contribution in [-0.2, 0) is 14.3 Å². The normalized spacial score (nSPS) is 17.4. The second-order valence-electron chi connectivity index (χ2n) is 9.64. The fraction of sp³-hybridized carbons (Fsp3) is 0.773. The average molecular weight is 395 g/mol. The molecule has 0 saturated heterocycles. The number of hydrogen-bond donors (Lipinski definition) is 1. The molecule has 2 amide bonds. The van der Waals surface area contributed by atoms with E-state index in [1.54, 1.807) is 11.0 Å². The second-order valence-corrected chi connectivity index (χ2v) is 9.64. The summed E-state index contributed by atoms with van der Waals surface area (Å²) in [5, 5.41) is 2.94. The number of allylic oxidation sites excluding steroid dienone is 2. The first-order valence-electron chi connectivity index (χ1n) is 10.4. The fourth-order valence-corrected chi connectivity index (χ4v) is 3.07. The summed E-state index contributed by atoms with van der Waals surface area (Å²) < 4.78 is 5.52. The smallest absolute Gasteiger partial charge is 0.410 e. The highest BCUT2D eigenvalue weighted by Gasteiger charge is 2.23. The van der Waals surface area contributed by atoms with E-state index in [0.29, 0.717) is 38.3 Å². The van der Waals surface area contributed by atoms with Crippen molar-refractivity contribution in [1.82, 2.24) is 10.2 Å². The zero-order chi connectivity index (χ0) is 21.4. The summed E-state index contributed by atoms with van der Waals surface area (Å²) in [4.78, 5) is 37.5. The Balaban J connectivity index is 2.51. The molecule has 0 bridgehead atoms. The van der Waals surface area contributed by atoms with Crippen molar-refractivity contribution in [3.8, 4) is 0 Å². The number of ketones is 1. The van der Waals surface area contributed by atoms with E-state index in [2.05, 4.69) is 5.32 Å². The van der Waals surface area contributed by atoms with Crippen LogP contribution in [0.15, 0.2) is 12.2 Å². The highest BCUT2D eigenvalue weighted by atomic mass is 16.6. The summed E-state index contributed by atoms with van der Waals surface area (Å²) in [5.74, 6) is 0.588. The standard InChI is InChI=1S/C22H38N2O4/c1-21(2,3)23-19(26)10-8-16-24(20(27)28-22(4,5)6)15-7-9-17-11-13-18(25)14-12-17/h11,13,17H,7-10,12,14-16H2,1-6H3,(H,23,26). The van der Waals surface area contributed by atoms with E-state index in [9.17, 15) is 14.4 Å². The number of nitrogens with one attached hydrogen (secondary N) is 1. The van der Waals surface area contributed by atoms with Crippen LogP contribution in [0.1, 0.15) is 80.1 Å². The minimum absolute atomic E-state index is 0.00588. The number of rotatable bonds is 8. The third-order valence-electron chi connectivity index (χ3n) is 4.32. The lowest BCUT2D eigenvalue weighted by molar-refractivity contribution is -0.122. The van der Waals surface area contributed by atoms with Crippen LogP contribution in [0.25, 0.3) is 0 Å². The van der Waals surface area contributed by atoms with Gasteiger partial charge in [0.2, 0.25) is 5.91 Å². The van der Waals surface area contributed by atoms with Crippen molar-refractivity contribution < 1.29 is 19.1 Å². The van der Waals surface area contributed by atoms with Crippen LogP contribution in [0.5, 0.6) is 0 Å². The lowest BCUT2D eigenvalue weighted by atomic mass is 9.91. The highest BCUT2D eigenvalue weighted by molar-refractivity contribution is 5.90. The zero-order valence-corrected chi connectivity index (χ0v) is 18.5. The van der Waals surface area contributed by atoms with Crippen LogP contribution in [0.4, 0.5) is 4.79 Å². The molecular weight excluding hydrogens is 356 g/mol. The van der Waals surface area contributed by atoms with Gasteiger partial charge in [-0.25, -0.2) is 4.79 Å². The lowest BCUT2D eigenvalue weighted by Crippen LogP contribution is -2.41. The predicted octanol–water partition coefficient (Wildman–Crippen LogP) is 4.23. The van der Waals surface area contributed by atoms with Gasteiger partial charge in [0.05, 0.1) is 0 Å². The van der Waals surface area contributed by atoms with Crippen LogP contribution in [0.3, 0.4) is 0 Å². The van der Waals surface area contributed by atoms with Gasteiger partial charge in [0.1, 0.15) is 5.60 Å². The molecule has 0 aromatic carbocycles. The Hall–Kier alpha value is -1.85. The summed E-state index contributed by atoms with van der Waals surface area (Å²) >= 11 is 0. The van der Waals surface area contributed by atoms with E-state index >= 15 is 0 Å². The van der Waals surface area contributed by atoms with Gasteiger partial charge < -0.3 is 15.0 Å². The van der Waals surface area contributed by atoms with E-state index in [4.69, 9.17) is 4.74 Å². The van der Waals surface area contributed by atoms with Crippen LogP contribution < -0.4 is 5.32 Å². The Labute approximate surface area is 170 Å². The first-order valence-corrected chi connectivity index (χ1v) is 10.4. The van der Waals surface area contributed by atoms with E-state index in [1.165, 1.54) is 0 Å². The van der Waals surface area contributed by atoms with Gasteiger partial charge in [-0.05, 0) is 79.2 Å². The molecule has 1 atom stereocenters. The largest absolute Gasteiger partial charge is 0.444 e. The highest BCUT2D eigenvalue weighted by Crippen LogP contribution is 2.20. The molecule has 0 radical (unpaired) electrons. The lowest BCUT2D eigenvalue weighted by Gasteiger charge is -2.28. The van der Waals surface area contributed by atoms with Crippen LogP contribution in [0, 0.1) is 5.92 Å². The molecule has 28 heavy (non-hydrogen) atoms. The third-order valence-corrected chi connectivity index (χ3v) is 4.32. The van der Waals surface area contributed by atoms with Gasteiger partial charge in [0.25, 0.3) is 0 Å². The Morgan fingerprint density at radius 2 is 1.79 bits per heavy atom. The molecule has 1 aliphatic carbocycles. The first kappa shape index (κ1) is 24.2. The Morgan fingerprint density at radius 1 is 1.14 bits per heavy atom. The van der Waals surface area contributed by atoms with Gasteiger partial charge in [0.15, 0.2) is 5.78 Å². The maximum absolute atomic E-state index is 12.5. The Morgan fingerprint density at radius 3 is 2.32 bits per heavy atom. The van der Waals surface area contributed by atoms with Crippen molar-refractivity contribution in [1.29, 1.82) is 0 Å². The van der Waals surface area contributed by atoms with E-state index in [1.807, 2.05) is 47.6 Å². The van der Waals surface area contributed by atoms with Crippen LogP contribution in [0.2, 0.25) is 0 Å². The molecule has 160 valence electrons. The molecular formula is C22H38N2O4. The predicted molar refractivity (Wildman–Crippen MR) is 111 cm³/mol. The summed E-state index contributed by atoms with van der Waals surface area (Å²) in [6.07, 6.45) is 7.58. The number of carbonyl (C=O) groups excluding carboxylic acids is 3. The molecule has 0 aromatic rings. The van der Waals surface area contributed by atoms with Crippen molar-refractivity contribution >= 4 is 17.8 Å². The van der Waals surface area contributed by atoms with Crippen LogP contribution in [-0.4, -0.2) is 46.9 Å². The fourth-order valence-electron chi connectivity index (χ4n) is 3.07. The summed E-state index contributed by atoms with van der Waals surface area (Å²) in [5.41, 5.74) is -0.803. The number of carbonyl (C=O) groups is 3. The summed E-state index contributed by atoms with van der Waals surface area (Å²) in [7, 11) is 0. The molecule has 0 fully saturated rings. The average Bonchev–Trinajstić information content (AvgIpc) is 2.51. The molecule has 0 heterocycles. The Kier molecular flexibility index (Phi) is 9.18. The van der Waals surface area contributed by atoms with Gasteiger partial charge in [-0.2, -0.15) is 0 Å². The number of ether oxygens (including phenoxy) is 1. The number of amides is 2. The van der Waals surface area contributed by atoms with Crippen molar-refractivity contribution in [2.45, 2.75) is 91.2 Å². The van der Waals surface area contributed by atoms with Crippen molar-refractivity contribution in [2.24, 2.45) is 5.92 Å². The first-order chi connectivity index (χ1) is 12.9. The maximum atomic E-state index is 12.5. The summed E-state index contributed by atoms with van der Waals surface area (Å²) in [6.45, 7) is 12.5. The van der Waals surface area contributed by atoms with E-state index in [0.717, 1.165) is 19.3 Å². The topological polar surface area (TPSA) is 75.7 Å². The van der Waals surface area contributed by atoms with Crippen molar-refractivity contribution in [2.75, 3.05) is 13.1 Å². The van der Waals surface area contributed by atoms with Crippen LogP contribution >= 0.6 is 0 Å². The molecule has 1 unspecified atom stereocenters. The zero-order valence-electron chi connectivity index (χ0n) is 18.5. The monoisotopic (exact) mass is 394 g/mol. The SMILES string of the molecule is CC(C)(C)NC(=O)CCCN(CCCC1C=CC(=O)CC1)C(=O)OC(C)(C)C. The van der Waals surface area contributed by atoms with Gasteiger partial charge in [-0.3, -0.25) is 9.59 Å². The second kappa shape index (κ2) is 10.6. The number of nitrogens with zero attached hydrogens (tertiary/aromatic N) is 1. The van der Waals surface area contributed by atoms with E-state index in [-0.39, 0.29) is 23.3 Å². The molecule has 0 aromatic heterocycles. The molecule has 1 aliphatic rings. The van der Waals surface area contributed by atoms with Gasteiger partial charge in [0, 0.05) is 31.5 Å². The molecule has 1 rings (SSSR count). The minimum Gasteiger partial charge on any atom is -0.444 e. The van der Waals surface area contributed by atoms with Crippen molar-refractivity contribution in [3.63, 3.8) is 0 Å². The van der Waals surface area contributed by atoms with Gasteiger partial charge >= 0.3 is 6.09 Å². The maximum Gasteiger partial charge on any atom is 0.410 e. The molecule has 1 N–H and O–H groups in total. The van der Waals surface area contributed by atoms with E-state index < -0.39 is 5.60 Å². The molecule has 6 nitrogen and oxygen atoms in total.